The molecule has 2 aromatic carbocycles. The number of fused-ring (bicyclic) bond motifs is 1. The van der Waals surface area contributed by atoms with Gasteiger partial charge in [-0.2, -0.15) is 0 Å². The summed E-state index contributed by atoms with van der Waals surface area (Å²) in [7, 11) is 2.06. The van der Waals surface area contributed by atoms with Crippen LogP contribution in [0.3, 0.4) is 0 Å². The summed E-state index contributed by atoms with van der Waals surface area (Å²) in [6.07, 6.45) is 2.75. The van der Waals surface area contributed by atoms with E-state index in [4.69, 9.17) is 0 Å². The van der Waals surface area contributed by atoms with Crippen molar-refractivity contribution in [2.75, 3.05) is 31.1 Å². The topological polar surface area (TPSA) is 41.4 Å². The molecule has 0 spiro atoms. The fourth-order valence-corrected chi connectivity index (χ4v) is 4.76. The largest absolute Gasteiger partial charge is 0.355 e. The van der Waals surface area contributed by atoms with Crippen molar-refractivity contribution in [3.05, 3.63) is 84.1 Å². The molecular formula is C27H28N4O. The summed E-state index contributed by atoms with van der Waals surface area (Å²) in [5, 5.41) is 1.03. The summed E-state index contributed by atoms with van der Waals surface area (Å²) in [5.41, 5.74) is 5.11. The van der Waals surface area contributed by atoms with Crippen LogP contribution in [0, 0.1) is 6.92 Å². The zero-order valence-corrected chi connectivity index (χ0v) is 18.7. The lowest BCUT2D eigenvalue weighted by atomic mass is 10.0. The summed E-state index contributed by atoms with van der Waals surface area (Å²) in [4.78, 5) is 22.8. The second-order valence-electron chi connectivity index (χ2n) is 8.49. The number of carbonyl (C=O) groups excluding carboxylic acids is 1. The van der Waals surface area contributed by atoms with E-state index >= 15 is 0 Å². The number of hydrogen-bond acceptors (Lipinski definition) is 3. The molecule has 0 N–H and O–H groups in total. The highest BCUT2D eigenvalue weighted by molar-refractivity contribution is 6.13. The van der Waals surface area contributed by atoms with Crippen molar-refractivity contribution in [2.45, 2.75) is 13.3 Å². The molecule has 1 aliphatic heterocycles. The molecule has 0 atom stereocenters. The maximum Gasteiger partial charge on any atom is 0.256 e. The minimum atomic E-state index is 0.114. The summed E-state index contributed by atoms with van der Waals surface area (Å²) < 4.78 is 2.16. The van der Waals surface area contributed by atoms with Crippen LogP contribution in [0.15, 0.2) is 72.9 Å². The lowest BCUT2D eigenvalue weighted by Gasteiger charge is -2.23. The molecule has 1 fully saturated rings. The molecule has 5 heteroatoms. The van der Waals surface area contributed by atoms with Crippen LogP contribution in [0.4, 0.5) is 5.82 Å². The van der Waals surface area contributed by atoms with E-state index in [1.165, 1.54) is 0 Å². The van der Waals surface area contributed by atoms with Crippen LogP contribution in [0.1, 0.15) is 22.3 Å². The van der Waals surface area contributed by atoms with Gasteiger partial charge < -0.3 is 14.4 Å². The van der Waals surface area contributed by atoms with Crippen molar-refractivity contribution in [1.82, 2.24) is 14.5 Å². The third-order valence-corrected chi connectivity index (χ3v) is 6.37. The second-order valence-corrected chi connectivity index (χ2v) is 8.49. The quantitative estimate of drug-likeness (QED) is 0.470. The molecule has 0 bridgehead atoms. The molecule has 0 unspecified atom stereocenters. The Morgan fingerprint density at radius 2 is 1.72 bits per heavy atom. The Bertz CT molecular complexity index is 1250. The van der Waals surface area contributed by atoms with Gasteiger partial charge in [-0.1, -0.05) is 48.0 Å². The third-order valence-electron chi connectivity index (χ3n) is 6.37. The predicted molar refractivity (Wildman–Crippen MR) is 130 cm³/mol. The molecule has 5 rings (SSSR count). The third kappa shape index (κ3) is 3.64. The number of benzene rings is 2. The zero-order valence-electron chi connectivity index (χ0n) is 18.7. The average molecular weight is 425 g/mol. The van der Waals surface area contributed by atoms with Crippen molar-refractivity contribution in [2.24, 2.45) is 7.05 Å². The first-order chi connectivity index (χ1) is 15.6. The van der Waals surface area contributed by atoms with Crippen molar-refractivity contribution < 1.29 is 4.79 Å². The van der Waals surface area contributed by atoms with Crippen LogP contribution in [-0.2, 0) is 7.05 Å². The molecule has 1 saturated heterocycles. The number of hydrogen-bond donors (Lipinski definition) is 0. The highest BCUT2D eigenvalue weighted by atomic mass is 16.2. The first-order valence-electron chi connectivity index (χ1n) is 11.2. The molecule has 0 radical (unpaired) electrons. The van der Waals surface area contributed by atoms with Gasteiger partial charge in [-0.15, -0.1) is 0 Å². The summed E-state index contributed by atoms with van der Waals surface area (Å²) in [5.74, 6) is 1.09. The molecule has 5 nitrogen and oxygen atoms in total. The second kappa shape index (κ2) is 8.50. The van der Waals surface area contributed by atoms with E-state index in [-0.39, 0.29) is 5.91 Å². The molecule has 162 valence electrons. The Hall–Kier alpha value is -3.60. The lowest BCUT2D eigenvalue weighted by Crippen LogP contribution is -2.35. The van der Waals surface area contributed by atoms with E-state index in [1.54, 1.807) is 0 Å². The Morgan fingerprint density at radius 1 is 0.906 bits per heavy atom. The van der Waals surface area contributed by atoms with E-state index in [2.05, 4.69) is 58.8 Å². The first kappa shape index (κ1) is 20.3. The SMILES string of the molecule is Cc1ccc2c(c1)c(C(=O)N1CCCN(c3ccccn3)CC1)c(-c1ccccc1)n2C. The number of carbonyl (C=O) groups is 1. The van der Waals surface area contributed by atoms with Gasteiger partial charge in [0, 0.05) is 50.3 Å². The number of rotatable bonds is 3. The van der Waals surface area contributed by atoms with E-state index in [1.807, 2.05) is 47.5 Å². The van der Waals surface area contributed by atoms with Gasteiger partial charge in [0.1, 0.15) is 5.82 Å². The molecule has 32 heavy (non-hydrogen) atoms. The van der Waals surface area contributed by atoms with Gasteiger partial charge >= 0.3 is 0 Å². The smallest absolute Gasteiger partial charge is 0.256 e. The molecule has 4 aromatic rings. The zero-order chi connectivity index (χ0) is 22.1. The standard InChI is InChI=1S/C27H28N4O/c1-20-12-13-23-22(19-20)25(26(29(23)2)21-9-4-3-5-10-21)27(32)31-16-8-15-30(17-18-31)24-11-6-7-14-28-24/h3-7,9-14,19H,8,15-18H2,1-2H3. The van der Waals surface area contributed by atoms with E-state index in [9.17, 15) is 4.79 Å². The maximum absolute atomic E-state index is 14.0. The van der Waals surface area contributed by atoms with Gasteiger partial charge in [0.05, 0.1) is 11.3 Å². The van der Waals surface area contributed by atoms with Crippen molar-refractivity contribution in [1.29, 1.82) is 0 Å². The van der Waals surface area contributed by atoms with Crippen molar-refractivity contribution in [3.8, 4) is 11.3 Å². The van der Waals surface area contributed by atoms with Crippen LogP contribution >= 0.6 is 0 Å². The van der Waals surface area contributed by atoms with E-state index in [0.29, 0.717) is 6.54 Å². The van der Waals surface area contributed by atoms with Crippen molar-refractivity contribution in [3.63, 3.8) is 0 Å². The summed E-state index contributed by atoms with van der Waals surface area (Å²) in [6.45, 7) is 5.21. The molecule has 0 saturated carbocycles. The maximum atomic E-state index is 14.0. The molecule has 0 aliphatic carbocycles. The number of pyridine rings is 1. The number of amides is 1. The highest BCUT2D eigenvalue weighted by Gasteiger charge is 2.28. The van der Waals surface area contributed by atoms with Gasteiger partial charge in [0.25, 0.3) is 5.91 Å². The van der Waals surface area contributed by atoms with Gasteiger partial charge in [0.2, 0.25) is 0 Å². The number of nitrogens with zero attached hydrogens (tertiary/aromatic N) is 4. The van der Waals surface area contributed by atoms with E-state index < -0.39 is 0 Å². The molecule has 1 amide bonds. The highest BCUT2D eigenvalue weighted by Crippen LogP contribution is 2.34. The van der Waals surface area contributed by atoms with Gasteiger partial charge in [0.15, 0.2) is 0 Å². The fraction of sp³-hybridized carbons (Fsp3) is 0.259. The Balaban J connectivity index is 1.54. The minimum Gasteiger partial charge on any atom is -0.355 e. The Morgan fingerprint density at radius 3 is 2.50 bits per heavy atom. The minimum absolute atomic E-state index is 0.114. The van der Waals surface area contributed by atoms with Gasteiger partial charge in [-0.3, -0.25) is 4.79 Å². The molecule has 2 aromatic heterocycles. The normalized spacial score (nSPS) is 14.6. The monoisotopic (exact) mass is 424 g/mol. The molecule has 3 heterocycles. The van der Waals surface area contributed by atoms with Gasteiger partial charge in [-0.05, 0) is 43.2 Å². The Kier molecular flexibility index (Phi) is 5.39. The molecule has 1 aliphatic rings. The Labute approximate surface area is 188 Å². The first-order valence-corrected chi connectivity index (χ1v) is 11.2. The number of anilines is 1. The van der Waals surface area contributed by atoms with Crippen LogP contribution < -0.4 is 4.90 Å². The molecular weight excluding hydrogens is 396 g/mol. The number of aromatic nitrogens is 2. The van der Waals surface area contributed by atoms with Gasteiger partial charge in [-0.25, -0.2) is 4.98 Å². The summed E-state index contributed by atoms with van der Waals surface area (Å²) >= 11 is 0. The van der Waals surface area contributed by atoms with Crippen LogP contribution in [0.2, 0.25) is 0 Å². The lowest BCUT2D eigenvalue weighted by molar-refractivity contribution is 0.0769. The predicted octanol–water partition coefficient (Wildman–Crippen LogP) is 4.90. The van der Waals surface area contributed by atoms with Crippen molar-refractivity contribution >= 4 is 22.6 Å². The average Bonchev–Trinajstić information content (AvgIpc) is 2.96. The van der Waals surface area contributed by atoms with Crippen LogP contribution in [0.25, 0.3) is 22.2 Å². The van der Waals surface area contributed by atoms with Crippen LogP contribution in [-0.4, -0.2) is 46.5 Å². The number of aryl methyl sites for hydroxylation is 2. The fourth-order valence-electron chi connectivity index (χ4n) is 4.76. The van der Waals surface area contributed by atoms with E-state index in [0.717, 1.165) is 65.2 Å². The summed E-state index contributed by atoms with van der Waals surface area (Å²) in [6, 6.07) is 22.6. The van der Waals surface area contributed by atoms with Crippen LogP contribution in [0.5, 0.6) is 0 Å².